The fourth-order valence-electron chi connectivity index (χ4n) is 2.74. The summed E-state index contributed by atoms with van der Waals surface area (Å²) < 4.78 is 32.1. The van der Waals surface area contributed by atoms with Crippen molar-refractivity contribution in [3.05, 3.63) is 23.8 Å². The van der Waals surface area contributed by atoms with Crippen molar-refractivity contribution in [3.63, 3.8) is 0 Å². The van der Waals surface area contributed by atoms with Crippen LogP contribution in [0.15, 0.2) is 23.1 Å². The van der Waals surface area contributed by atoms with Crippen molar-refractivity contribution in [1.29, 1.82) is 0 Å². The highest BCUT2D eigenvalue weighted by molar-refractivity contribution is 7.89. The summed E-state index contributed by atoms with van der Waals surface area (Å²) in [5.41, 5.74) is 0.767. The molecule has 1 atom stereocenters. The molecule has 0 aromatic heterocycles. The number of amides is 1. The molecule has 1 heterocycles. The minimum absolute atomic E-state index is 0.106. The number of hydrogen-bond acceptors (Lipinski definition) is 4. The van der Waals surface area contributed by atoms with Crippen molar-refractivity contribution in [2.45, 2.75) is 24.7 Å². The number of benzene rings is 1. The molecule has 122 valence electrons. The van der Waals surface area contributed by atoms with Gasteiger partial charge in [-0.05, 0) is 43.5 Å². The predicted molar refractivity (Wildman–Crippen MR) is 83.3 cm³/mol. The first-order chi connectivity index (χ1) is 10.4. The van der Waals surface area contributed by atoms with Crippen molar-refractivity contribution in [3.8, 4) is 5.75 Å². The van der Waals surface area contributed by atoms with Gasteiger partial charge >= 0.3 is 0 Å². The van der Waals surface area contributed by atoms with E-state index in [1.165, 1.54) is 4.31 Å². The quantitative estimate of drug-likeness (QED) is 0.900. The van der Waals surface area contributed by atoms with Gasteiger partial charge in [0.1, 0.15) is 5.75 Å². The van der Waals surface area contributed by atoms with Crippen LogP contribution in [-0.4, -0.2) is 45.9 Å². The zero-order chi connectivity index (χ0) is 16.3. The van der Waals surface area contributed by atoms with E-state index in [1.54, 1.807) is 39.3 Å². The minimum atomic E-state index is -3.59. The molecule has 1 fully saturated rings. The molecule has 7 heteroatoms. The van der Waals surface area contributed by atoms with Gasteiger partial charge in [0.05, 0.1) is 17.9 Å². The van der Waals surface area contributed by atoms with Crippen molar-refractivity contribution in [2.24, 2.45) is 5.92 Å². The van der Waals surface area contributed by atoms with Crippen LogP contribution in [0.2, 0.25) is 0 Å². The monoisotopic (exact) mass is 326 g/mol. The Morgan fingerprint density at radius 2 is 2.14 bits per heavy atom. The standard InChI is InChI=1S/C15H22N2O4S/c1-11-9-13(6-7-14(11)21-3)22(19,20)17-8-4-5-12(10-17)15(18)16-2/h6-7,9,12H,4-5,8,10H2,1-3H3,(H,16,18)/t12-/m0/s1. The van der Waals surface area contributed by atoms with E-state index in [9.17, 15) is 13.2 Å². The number of nitrogens with one attached hydrogen (secondary N) is 1. The summed E-state index contributed by atoms with van der Waals surface area (Å²) in [6.45, 7) is 2.48. The van der Waals surface area contributed by atoms with Crippen LogP contribution in [-0.2, 0) is 14.8 Å². The van der Waals surface area contributed by atoms with Gasteiger partial charge in [-0.1, -0.05) is 0 Å². The lowest BCUT2D eigenvalue weighted by molar-refractivity contribution is -0.125. The van der Waals surface area contributed by atoms with E-state index in [1.807, 2.05) is 0 Å². The Kier molecular flexibility index (Phi) is 5.08. The normalized spacial score (nSPS) is 19.7. The lowest BCUT2D eigenvalue weighted by Gasteiger charge is -2.31. The van der Waals surface area contributed by atoms with Crippen LogP contribution >= 0.6 is 0 Å². The molecule has 22 heavy (non-hydrogen) atoms. The van der Waals surface area contributed by atoms with Gasteiger partial charge in [-0.25, -0.2) is 8.42 Å². The van der Waals surface area contributed by atoms with Crippen molar-refractivity contribution < 1.29 is 17.9 Å². The SMILES string of the molecule is CNC(=O)[C@H]1CCCN(S(=O)(=O)c2ccc(OC)c(C)c2)C1. The van der Waals surface area contributed by atoms with E-state index in [0.29, 0.717) is 25.1 Å². The molecule has 0 saturated carbocycles. The Morgan fingerprint density at radius 3 is 2.73 bits per heavy atom. The zero-order valence-electron chi connectivity index (χ0n) is 13.1. The van der Waals surface area contributed by atoms with Crippen LogP contribution < -0.4 is 10.1 Å². The molecule has 6 nitrogen and oxygen atoms in total. The highest BCUT2D eigenvalue weighted by Crippen LogP contribution is 2.27. The van der Waals surface area contributed by atoms with Crippen molar-refractivity contribution in [2.75, 3.05) is 27.2 Å². The minimum Gasteiger partial charge on any atom is -0.496 e. The first-order valence-electron chi connectivity index (χ1n) is 7.26. The molecule has 0 aliphatic carbocycles. The second-order valence-corrected chi connectivity index (χ2v) is 7.39. The Bertz CT molecular complexity index is 658. The number of hydrogen-bond donors (Lipinski definition) is 1. The number of carbonyl (C=O) groups is 1. The number of sulfonamides is 1. The number of nitrogens with zero attached hydrogens (tertiary/aromatic N) is 1. The summed E-state index contributed by atoms with van der Waals surface area (Å²) in [5.74, 6) is 0.263. The van der Waals surface area contributed by atoms with Gasteiger partial charge in [0.25, 0.3) is 0 Å². The maximum absolute atomic E-state index is 12.7. The van der Waals surface area contributed by atoms with Gasteiger partial charge in [0, 0.05) is 20.1 Å². The van der Waals surface area contributed by atoms with E-state index in [0.717, 1.165) is 5.56 Å². The van der Waals surface area contributed by atoms with Crippen LogP contribution in [0.4, 0.5) is 0 Å². The highest BCUT2D eigenvalue weighted by atomic mass is 32.2. The lowest BCUT2D eigenvalue weighted by atomic mass is 9.99. The molecule has 0 radical (unpaired) electrons. The number of methoxy groups -OCH3 is 1. The van der Waals surface area contributed by atoms with Gasteiger partial charge in [-0.3, -0.25) is 4.79 Å². The number of aryl methyl sites for hydroxylation is 1. The highest BCUT2D eigenvalue weighted by Gasteiger charge is 2.33. The van der Waals surface area contributed by atoms with E-state index in [4.69, 9.17) is 4.74 Å². The Balaban J connectivity index is 2.26. The second-order valence-electron chi connectivity index (χ2n) is 5.45. The maximum atomic E-state index is 12.7. The van der Waals surface area contributed by atoms with Gasteiger partial charge < -0.3 is 10.1 Å². The molecule has 1 aromatic rings. The molecular weight excluding hydrogens is 304 g/mol. The third kappa shape index (κ3) is 3.25. The molecule has 1 saturated heterocycles. The third-order valence-electron chi connectivity index (χ3n) is 4.01. The molecule has 1 aromatic carbocycles. The second kappa shape index (κ2) is 6.66. The maximum Gasteiger partial charge on any atom is 0.243 e. The van der Waals surface area contributed by atoms with E-state index in [-0.39, 0.29) is 23.3 Å². The average Bonchev–Trinajstić information content (AvgIpc) is 2.54. The summed E-state index contributed by atoms with van der Waals surface area (Å²) in [4.78, 5) is 12.0. The van der Waals surface area contributed by atoms with Gasteiger partial charge in [-0.15, -0.1) is 0 Å². The predicted octanol–water partition coefficient (Wildman–Crippen LogP) is 1.15. The molecule has 1 N–H and O–H groups in total. The number of carbonyl (C=O) groups excluding carboxylic acids is 1. The topological polar surface area (TPSA) is 75.7 Å². The lowest BCUT2D eigenvalue weighted by Crippen LogP contribution is -2.44. The molecule has 0 unspecified atom stereocenters. The van der Waals surface area contributed by atoms with E-state index >= 15 is 0 Å². The summed E-state index contributed by atoms with van der Waals surface area (Å²) in [6.07, 6.45) is 1.40. The molecule has 1 aliphatic heterocycles. The van der Waals surface area contributed by atoms with Gasteiger partial charge in [-0.2, -0.15) is 4.31 Å². The smallest absolute Gasteiger partial charge is 0.243 e. The van der Waals surface area contributed by atoms with E-state index in [2.05, 4.69) is 5.32 Å². The first-order valence-corrected chi connectivity index (χ1v) is 8.70. The molecule has 0 bridgehead atoms. The van der Waals surface area contributed by atoms with Crippen LogP contribution in [0, 0.1) is 12.8 Å². The largest absolute Gasteiger partial charge is 0.496 e. The van der Waals surface area contributed by atoms with E-state index < -0.39 is 10.0 Å². The van der Waals surface area contributed by atoms with Gasteiger partial charge in [0.15, 0.2) is 0 Å². The third-order valence-corrected chi connectivity index (χ3v) is 5.87. The zero-order valence-corrected chi connectivity index (χ0v) is 13.9. The molecule has 0 spiro atoms. The summed E-state index contributed by atoms with van der Waals surface area (Å²) in [7, 11) is -0.464. The Labute approximate surface area is 131 Å². The summed E-state index contributed by atoms with van der Waals surface area (Å²) in [6, 6.07) is 4.81. The summed E-state index contributed by atoms with van der Waals surface area (Å²) >= 11 is 0. The van der Waals surface area contributed by atoms with Crippen molar-refractivity contribution >= 4 is 15.9 Å². The van der Waals surface area contributed by atoms with Crippen LogP contribution in [0.1, 0.15) is 18.4 Å². The van der Waals surface area contributed by atoms with Crippen LogP contribution in [0.25, 0.3) is 0 Å². The molecule has 2 rings (SSSR count). The Morgan fingerprint density at radius 1 is 1.41 bits per heavy atom. The van der Waals surface area contributed by atoms with Crippen LogP contribution in [0.3, 0.4) is 0 Å². The molecule has 1 aliphatic rings. The Hall–Kier alpha value is -1.60. The number of ether oxygens (including phenoxy) is 1. The number of rotatable bonds is 4. The van der Waals surface area contributed by atoms with Crippen molar-refractivity contribution in [1.82, 2.24) is 9.62 Å². The average molecular weight is 326 g/mol. The van der Waals surface area contributed by atoms with Gasteiger partial charge in [0.2, 0.25) is 15.9 Å². The number of piperidine rings is 1. The fourth-order valence-corrected chi connectivity index (χ4v) is 4.35. The first kappa shape index (κ1) is 16.8. The fraction of sp³-hybridized carbons (Fsp3) is 0.533. The van der Waals surface area contributed by atoms with Crippen LogP contribution in [0.5, 0.6) is 5.75 Å². The summed E-state index contributed by atoms with van der Waals surface area (Å²) in [5, 5.41) is 2.59. The molecular formula is C15H22N2O4S. The molecule has 1 amide bonds.